The molecule has 2 heterocycles. The van der Waals surface area contributed by atoms with Crippen LogP contribution in [0, 0.1) is 5.92 Å². The first-order valence-corrected chi connectivity index (χ1v) is 13.9. The number of anilines is 1. The van der Waals surface area contributed by atoms with Gasteiger partial charge in [0.25, 0.3) is 11.8 Å². The molecule has 4 aromatic rings. The third kappa shape index (κ3) is 5.61. The molecule has 2 saturated carbocycles. The second kappa shape index (κ2) is 10.3. The summed E-state index contributed by atoms with van der Waals surface area (Å²) >= 11 is 6.41. The summed E-state index contributed by atoms with van der Waals surface area (Å²) in [7, 11) is 0. The molecule has 0 radical (unpaired) electrons. The highest BCUT2D eigenvalue weighted by Gasteiger charge is 2.26. The minimum Gasteiger partial charge on any atom is -0.367 e. The van der Waals surface area contributed by atoms with E-state index >= 15 is 0 Å². The molecule has 0 bridgehead atoms. The number of imidazole rings is 1. The summed E-state index contributed by atoms with van der Waals surface area (Å²) in [5, 5.41) is 9.89. The molecule has 200 valence electrons. The predicted molar refractivity (Wildman–Crippen MR) is 153 cm³/mol. The van der Waals surface area contributed by atoms with Crippen molar-refractivity contribution in [3.63, 3.8) is 0 Å². The minimum atomic E-state index is -0.169. The number of nitrogens with zero attached hydrogens (tertiary/aromatic N) is 3. The van der Waals surface area contributed by atoms with Gasteiger partial charge in [0.2, 0.25) is 0 Å². The Bertz CT molecular complexity index is 1550. The summed E-state index contributed by atoms with van der Waals surface area (Å²) in [4.78, 5) is 34.9. The average Bonchev–Trinajstić information content (AvgIpc) is 3.87. The number of hydrogen-bond donors (Lipinski definition) is 3. The van der Waals surface area contributed by atoms with Crippen molar-refractivity contribution in [1.82, 2.24) is 25.0 Å². The largest absolute Gasteiger partial charge is 0.367 e. The van der Waals surface area contributed by atoms with E-state index < -0.39 is 0 Å². The van der Waals surface area contributed by atoms with E-state index in [0.29, 0.717) is 45.3 Å². The summed E-state index contributed by atoms with van der Waals surface area (Å²) < 4.78 is 2.00. The lowest BCUT2D eigenvalue weighted by molar-refractivity contribution is 0.0942. The first-order chi connectivity index (χ1) is 18.9. The maximum Gasteiger partial charge on any atom is 0.253 e. The van der Waals surface area contributed by atoms with Gasteiger partial charge in [0.05, 0.1) is 28.2 Å². The van der Waals surface area contributed by atoms with Crippen LogP contribution < -0.4 is 16.0 Å². The van der Waals surface area contributed by atoms with E-state index in [1.807, 2.05) is 47.1 Å². The summed E-state index contributed by atoms with van der Waals surface area (Å²) in [6.45, 7) is 5.00. The van der Waals surface area contributed by atoms with Gasteiger partial charge in [0.1, 0.15) is 0 Å². The highest BCUT2D eigenvalue weighted by molar-refractivity contribution is 6.34. The number of hydrogen-bond acceptors (Lipinski definition) is 5. The molecule has 2 aromatic heterocycles. The fraction of sp³-hybridized carbons (Fsp3) is 0.333. The number of rotatable bonds is 9. The van der Waals surface area contributed by atoms with Crippen molar-refractivity contribution in [1.29, 1.82) is 0 Å². The van der Waals surface area contributed by atoms with Crippen molar-refractivity contribution in [3.8, 4) is 22.5 Å². The van der Waals surface area contributed by atoms with E-state index in [1.165, 1.54) is 0 Å². The van der Waals surface area contributed by atoms with Crippen molar-refractivity contribution in [2.45, 2.75) is 51.6 Å². The number of aromatic nitrogens is 3. The van der Waals surface area contributed by atoms with Crippen LogP contribution in [0.3, 0.4) is 0 Å². The normalized spacial score (nSPS) is 15.0. The molecule has 9 heteroatoms. The van der Waals surface area contributed by atoms with Crippen LogP contribution in [0.25, 0.3) is 28.2 Å². The summed E-state index contributed by atoms with van der Waals surface area (Å²) in [6, 6.07) is 13.5. The number of carbonyl (C=O) groups excluding carboxylic acids is 2. The van der Waals surface area contributed by atoms with E-state index in [2.05, 4.69) is 34.8 Å². The monoisotopic (exact) mass is 542 g/mol. The fourth-order valence-electron chi connectivity index (χ4n) is 4.40. The van der Waals surface area contributed by atoms with Crippen molar-refractivity contribution in [2.24, 2.45) is 5.92 Å². The van der Waals surface area contributed by atoms with E-state index in [0.717, 1.165) is 49.0 Å². The Labute approximate surface area is 232 Å². The molecule has 0 aliphatic heterocycles. The standard InChI is InChI=1S/C30H31ClN6O2/c1-17(2)14-32-27-28-33-15-26(18-3-5-19(6-4-18)29(38)34-21-8-9-21)37(28)16-25(36-27)20-7-12-24(31)23(13-20)30(39)35-22-10-11-22/h3-7,12-13,15-17,21-22H,8-11,14H2,1-2H3,(H,32,36)(H,34,38)(H,35,39). The molecule has 0 atom stereocenters. The van der Waals surface area contributed by atoms with Crippen LogP contribution in [0.1, 0.15) is 60.2 Å². The van der Waals surface area contributed by atoms with Crippen LogP contribution in [-0.2, 0) is 0 Å². The Morgan fingerprint density at radius 1 is 0.974 bits per heavy atom. The maximum absolute atomic E-state index is 12.8. The average molecular weight is 543 g/mol. The third-order valence-corrected chi connectivity index (χ3v) is 7.27. The van der Waals surface area contributed by atoms with Gasteiger partial charge in [0, 0.05) is 41.5 Å². The lowest BCUT2D eigenvalue weighted by Gasteiger charge is -2.14. The Balaban J connectivity index is 1.39. The molecule has 0 spiro atoms. The highest BCUT2D eigenvalue weighted by Crippen LogP contribution is 2.31. The molecule has 2 aliphatic rings. The van der Waals surface area contributed by atoms with Gasteiger partial charge >= 0.3 is 0 Å². The first-order valence-electron chi connectivity index (χ1n) is 13.5. The molecule has 6 rings (SSSR count). The second-order valence-electron chi connectivity index (χ2n) is 10.9. The quantitative estimate of drug-likeness (QED) is 0.257. The van der Waals surface area contributed by atoms with E-state index in [9.17, 15) is 9.59 Å². The van der Waals surface area contributed by atoms with Gasteiger partial charge in [-0.1, -0.05) is 43.6 Å². The predicted octanol–water partition coefficient (Wildman–Crippen LogP) is 5.57. The van der Waals surface area contributed by atoms with Crippen LogP contribution in [0.15, 0.2) is 54.9 Å². The van der Waals surface area contributed by atoms with Crippen molar-refractivity contribution in [3.05, 3.63) is 71.0 Å². The number of amides is 2. The topological polar surface area (TPSA) is 100 Å². The van der Waals surface area contributed by atoms with Crippen LogP contribution in [0.2, 0.25) is 5.02 Å². The van der Waals surface area contributed by atoms with Crippen molar-refractivity contribution >= 4 is 34.9 Å². The molecule has 39 heavy (non-hydrogen) atoms. The molecule has 0 saturated heterocycles. The van der Waals surface area contributed by atoms with E-state index in [1.54, 1.807) is 12.1 Å². The van der Waals surface area contributed by atoms with Gasteiger partial charge in [-0.15, -0.1) is 0 Å². The summed E-state index contributed by atoms with van der Waals surface area (Å²) in [5.74, 6) is 0.857. The van der Waals surface area contributed by atoms with Gasteiger partial charge in [-0.3, -0.25) is 14.0 Å². The minimum absolute atomic E-state index is 0.0434. The number of benzene rings is 2. The number of carbonyl (C=O) groups is 2. The first kappa shape index (κ1) is 25.4. The summed E-state index contributed by atoms with van der Waals surface area (Å²) in [6.07, 6.45) is 7.85. The molecular formula is C30H31ClN6O2. The lowest BCUT2D eigenvalue weighted by atomic mass is 10.1. The SMILES string of the molecule is CC(C)CNc1nc(-c2ccc(Cl)c(C(=O)NC3CC3)c2)cn2c(-c3ccc(C(=O)NC4CC4)cc3)cnc12. The molecular weight excluding hydrogens is 512 g/mol. The zero-order valence-electron chi connectivity index (χ0n) is 22.0. The maximum atomic E-state index is 12.8. The van der Waals surface area contributed by atoms with Crippen molar-refractivity contribution in [2.75, 3.05) is 11.9 Å². The summed E-state index contributed by atoms with van der Waals surface area (Å²) in [5.41, 5.74) is 5.04. The fourth-order valence-corrected chi connectivity index (χ4v) is 4.60. The molecule has 2 aliphatic carbocycles. The molecule has 2 aromatic carbocycles. The van der Waals surface area contributed by atoms with Gasteiger partial charge in [-0.2, -0.15) is 0 Å². The lowest BCUT2D eigenvalue weighted by Crippen LogP contribution is -2.25. The van der Waals surface area contributed by atoms with Gasteiger partial charge in [-0.05, 0) is 55.9 Å². The van der Waals surface area contributed by atoms with E-state index in [-0.39, 0.29) is 17.9 Å². The number of fused-ring (bicyclic) bond motifs is 1. The Kier molecular flexibility index (Phi) is 6.73. The molecule has 8 nitrogen and oxygen atoms in total. The number of nitrogens with one attached hydrogen (secondary N) is 3. The van der Waals surface area contributed by atoms with Gasteiger partial charge < -0.3 is 16.0 Å². The third-order valence-electron chi connectivity index (χ3n) is 6.94. The molecule has 3 N–H and O–H groups in total. The molecule has 2 fully saturated rings. The van der Waals surface area contributed by atoms with Crippen LogP contribution in [0.4, 0.5) is 5.82 Å². The zero-order chi connectivity index (χ0) is 27.1. The zero-order valence-corrected chi connectivity index (χ0v) is 22.8. The molecule has 0 unspecified atom stereocenters. The van der Waals surface area contributed by atoms with Crippen molar-refractivity contribution < 1.29 is 9.59 Å². The smallest absolute Gasteiger partial charge is 0.253 e. The van der Waals surface area contributed by atoms with Crippen LogP contribution >= 0.6 is 11.6 Å². The van der Waals surface area contributed by atoms with Crippen LogP contribution in [0.5, 0.6) is 0 Å². The Morgan fingerprint density at radius 2 is 1.64 bits per heavy atom. The molecule has 2 amide bonds. The van der Waals surface area contributed by atoms with Gasteiger partial charge in [-0.25, -0.2) is 9.97 Å². The van der Waals surface area contributed by atoms with Gasteiger partial charge in [0.15, 0.2) is 11.5 Å². The Hall–Kier alpha value is -3.91. The number of halogens is 1. The van der Waals surface area contributed by atoms with E-state index in [4.69, 9.17) is 16.6 Å². The van der Waals surface area contributed by atoms with Crippen LogP contribution in [-0.4, -0.2) is 44.8 Å². The highest BCUT2D eigenvalue weighted by atomic mass is 35.5. The Morgan fingerprint density at radius 3 is 2.31 bits per heavy atom. The second-order valence-corrected chi connectivity index (χ2v) is 11.3.